The number of fused-ring (bicyclic) bond motifs is 3. The van der Waals surface area contributed by atoms with Crippen LogP contribution in [0.1, 0.15) is 5.56 Å². The minimum atomic E-state index is -3.78. The Morgan fingerprint density at radius 3 is 2.80 bits per heavy atom. The molecule has 0 saturated heterocycles. The van der Waals surface area contributed by atoms with Gasteiger partial charge in [0.05, 0.1) is 23.3 Å². The first-order valence-electron chi connectivity index (χ1n) is 8.91. The molecular weight excluding hydrogens is 444 g/mol. The molecule has 7 nitrogen and oxygen atoms in total. The number of hydrogen-bond donors (Lipinski definition) is 1. The van der Waals surface area contributed by atoms with Crippen LogP contribution < -0.4 is 9.62 Å². The standard InChI is InChI=1S/C20H17ClN4O3S2/c1-12-4-3-5-14(8-12)23-18(26)11-29-20-22-10-17-19(24-20)15-7-6-13(21)9-16(15)25(2)30(17,27)28/h3-10H,11H2,1-2H3,(H,23,26). The van der Waals surface area contributed by atoms with Gasteiger partial charge in [-0.3, -0.25) is 9.10 Å². The van der Waals surface area contributed by atoms with Gasteiger partial charge in [-0.25, -0.2) is 18.4 Å². The first-order chi connectivity index (χ1) is 14.3. The normalized spacial score (nSPS) is 14.0. The largest absolute Gasteiger partial charge is 0.325 e. The highest BCUT2D eigenvalue weighted by atomic mass is 35.5. The van der Waals surface area contributed by atoms with Crippen LogP contribution in [0.4, 0.5) is 11.4 Å². The average molecular weight is 461 g/mol. The fraction of sp³-hybridized carbons (Fsp3) is 0.150. The molecule has 1 aromatic heterocycles. The molecule has 0 fully saturated rings. The quantitative estimate of drug-likeness (QED) is 0.467. The van der Waals surface area contributed by atoms with Crippen molar-refractivity contribution in [3.05, 3.63) is 59.2 Å². The number of amides is 1. The number of halogens is 1. The van der Waals surface area contributed by atoms with Crippen LogP contribution in [0.2, 0.25) is 5.02 Å². The van der Waals surface area contributed by atoms with Gasteiger partial charge in [0.2, 0.25) is 5.91 Å². The zero-order valence-electron chi connectivity index (χ0n) is 16.1. The van der Waals surface area contributed by atoms with E-state index in [1.807, 2.05) is 31.2 Å². The summed E-state index contributed by atoms with van der Waals surface area (Å²) in [7, 11) is -2.32. The Hall–Kier alpha value is -2.62. The zero-order valence-corrected chi connectivity index (χ0v) is 18.5. The summed E-state index contributed by atoms with van der Waals surface area (Å²) in [6.07, 6.45) is 1.28. The van der Waals surface area contributed by atoms with E-state index in [1.54, 1.807) is 18.2 Å². The minimum Gasteiger partial charge on any atom is -0.325 e. The van der Waals surface area contributed by atoms with Crippen molar-refractivity contribution in [2.24, 2.45) is 0 Å². The summed E-state index contributed by atoms with van der Waals surface area (Å²) < 4.78 is 26.8. The molecule has 0 radical (unpaired) electrons. The van der Waals surface area contributed by atoms with Gasteiger partial charge < -0.3 is 5.32 Å². The van der Waals surface area contributed by atoms with Crippen molar-refractivity contribution in [1.29, 1.82) is 0 Å². The average Bonchev–Trinajstić information content (AvgIpc) is 2.70. The maximum atomic E-state index is 12.8. The molecule has 30 heavy (non-hydrogen) atoms. The number of aryl methyl sites for hydroxylation is 1. The van der Waals surface area contributed by atoms with E-state index in [9.17, 15) is 13.2 Å². The molecule has 0 unspecified atom stereocenters. The van der Waals surface area contributed by atoms with Gasteiger partial charge in [0.1, 0.15) is 4.90 Å². The third-order valence-electron chi connectivity index (χ3n) is 4.56. The fourth-order valence-corrected chi connectivity index (χ4v) is 5.17. The second-order valence-electron chi connectivity index (χ2n) is 6.71. The maximum Gasteiger partial charge on any atom is 0.267 e. The summed E-state index contributed by atoms with van der Waals surface area (Å²) in [4.78, 5) is 20.9. The predicted octanol–water partition coefficient (Wildman–Crippen LogP) is 3.97. The Morgan fingerprint density at radius 2 is 2.03 bits per heavy atom. The van der Waals surface area contributed by atoms with Crippen molar-refractivity contribution < 1.29 is 13.2 Å². The Kier molecular flexibility index (Phi) is 5.44. The molecule has 0 atom stereocenters. The molecule has 1 amide bonds. The number of carbonyl (C=O) groups excluding carboxylic acids is 1. The number of anilines is 2. The Labute approximate surface area is 183 Å². The lowest BCUT2D eigenvalue weighted by Crippen LogP contribution is -2.31. The summed E-state index contributed by atoms with van der Waals surface area (Å²) in [6, 6.07) is 12.5. The van der Waals surface area contributed by atoms with Crippen LogP contribution >= 0.6 is 23.4 Å². The molecule has 0 bridgehead atoms. The van der Waals surface area contributed by atoms with Crippen LogP contribution in [0.5, 0.6) is 0 Å². The second kappa shape index (κ2) is 7.90. The van der Waals surface area contributed by atoms with E-state index in [2.05, 4.69) is 15.3 Å². The van der Waals surface area contributed by atoms with Crippen LogP contribution in [-0.4, -0.2) is 37.1 Å². The molecule has 2 aromatic carbocycles. The molecule has 0 saturated carbocycles. The van der Waals surface area contributed by atoms with Crippen molar-refractivity contribution in [3.8, 4) is 11.3 Å². The molecule has 1 N–H and O–H groups in total. The third-order valence-corrected chi connectivity index (χ3v) is 7.43. The number of sulfonamides is 1. The van der Waals surface area contributed by atoms with Gasteiger partial charge in [0.15, 0.2) is 5.16 Å². The molecule has 10 heteroatoms. The minimum absolute atomic E-state index is 0.0217. The number of carbonyl (C=O) groups is 1. The summed E-state index contributed by atoms with van der Waals surface area (Å²) >= 11 is 7.19. The second-order valence-corrected chi connectivity index (χ2v) is 10.0. The maximum absolute atomic E-state index is 12.8. The Bertz CT molecular complexity index is 1260. The van der Waals surface area contributed by atoms with Crippen LogP contribution in [0, 0.1) is 6.92 Å². The van der Waals surface area contributed by atoms with E-state index in [4.69, 9.17) is 11.6 Å². The first-order valence-corrected chi connectivity index (χ1v) is 11.7. The summed E-state index contributed by atoms with van der Waals surface area (Å²) in [5.74, 6) is -0.112. The van der Waals surface area contributed by atoms with E-state index in [1.165, 1.54) is 17.5 Å². The smallest absolute Gasteiger partial charge is 0.267 e. The van der Waals surface area contributed by atoms with Crippen LogP contribution in [-0.2, 0) is 14.8 Å². The number of nitrogens with zero attached hydrogens (tertiary/aromatic N) is 3. The number of aromatic nitrogens is 2. The monoisotopic (exact) mass is 460 g/mol. The predicted molar refractivity (Wildman–Crippen MR) is 119 cm³/mol. The highest BCUT2D eigenvalue weighted by Crippen LogP contribution is 2.42. The number of nitrogens with one attached hydrogen (secondary N) is 1. The lowest BCUT2D eigenvalue weighted by Gasteiger charge is -2.28. The zero-order chi connectivity index (χ0) is 21.5. The molecule has 1 aliphatic rings. The van der Waals surface area contributed by atoms with E-state index < -0.39 is 10.0 Å². The SMILES string of the molecule is Cc1cccc(NC(=O)CSc2ncc3c(n2)-c2ccc(Cl)cc2N(C)S3(=O)=O)c1. The number of hydrogen-bond acceptors (Lipinski definition) is 6. The van der Waals surface area contributed by atoms with Crippen molar-refractivity contribution >= 4 is 50.7 Å². The van der Waals surface area contributed by atoms with Crippen molar-refractivity contribution in [3.63, 3.8) is 0 Å². The summed E-state index contributed by atoms with van der Waals surface area (Å²) in [5, 5.41) is 3.56. The third kappa shape index (κ3) is 3.88. The number of thioether (sulfide) groups is 1. The molecule has 2 heterocycles. The Morgan fingerprint density at radius 1 is 1.23 bits per heavy atom. The highest BCUT2D eigenvalue weighted by molar-refractivity contribution is 7.99. The van der Waals surface area contributed by atoms with Crippen LogP contribution in [0.25, 0.3) is 11.3 Å². The van der Waals surface area contributed by atoms with Gasteiger partial charge in [-0.1, -0.05) is 35.5 Å². The Balaban J connectivity index is 1.59. The van der Waals surface area contributed by atoms with Gasteiger partial charge in [-0.2, -0.15) is 0 Å². The van der Waals surface area contributed by atoms with Crippen molar-refractivity contribution in [2.45, 2.75) is 17.0 Å². The van der Waals surface area contributed by atoms with Gasteiger partial charge >= 0.3 is 0 Å². The first kappa shape index (κ1) is 20.6. The molecular formula is C20H17ClN4O3S2. The number of rotatable bonds is 4. The van der Waals surface area contributed by atoms with Crippen LogP contribution in [0.15, 0.2) is 58.7 Å². The van der Waals surface area contributed by atoms with E-state index in [-0.39, 0.29) is 16.6 Å². The van der Waals surface area contributed by atoms with Gasteiger partial charge in [-0.05, 0) is 42.8 Å². The number of benzene rings is 2. The molecule has 4 rings (SSSR count). The van der Waals surface area contributed by atoms with Crippen molar-refractivity contribution in [2.75, 3.05) is 22.4 Å². The lowest BCUT2D eigenvalue weighted by molar-refractivity contribution is -0.113. The lowest BCUT2D eigenvalue weighted by atomic mass is 10.1. The molecule has 1 aliphatic heterocycles. The van der Waals surface area contributed by atoms with Gasteiger partial charge in [0, 0.05) is 23.3 Å². The van der Waals surface area contributed by atoms with Gasteiger partial charge in [0.25, 0.3) is 10.0 Å². The van der Waals surface area contributed by atoms with Crippen LogP contribution in [0.3, 0.4) is 0 Å². The van der Waals surface area contributed by atoms with E-state index in [0.717, 1.165) is 17.3 Å². The molecule has 0 aliphatic carbocycles. The van der Waals surface area contributed by atoms with E-state index in [0.29, 0.717) is 32.8 Å². The molecule has 0 spiro atoms. The van der Waals surface area contributed by atoms with E-state index >= 15 is 0 Å². The highest BCUT2D eigenvalue weighted by Gasteiger charge is 2.34. The summed E-state index contributed by atoms with van der Waals surface area (Å²) in [6.45, 7) is 1.95. The molecule has 154 valence electrons. The van der Waals surface area contributed by atoms with Gasteiger partial charge in [-0.15, -0.1) is 0 Å². The molecule has 3 aromatic rings. The fourth-order valence-electron chi connectivity index (χ4n) is 3.10. The summed E-state index contributed by atoms with van der Waals surface area (Å²) in [5.41, 5.74) is 3.15. The topological polar surface area (TPSA) is 92.3 Å². The van der Waals surface area contributed by atoms with Crippen molar-refractivity contribution in [1.82, 2.24) is 9.97 Å².